The molecule has 0 aromatic heterocycles. The Morgan fingerprint density at radius 3 is 1.44 bits per heavy atom. The van der Waals surface area contributed by atoms with Crippen molar-refractivity contribution in [1.29, 1.82) is 0 Å². The summed E-state index contributed by atoms with van der Waals surface area (Å²) in [6, 6.07) is 0. The van der Waals surface area contributed by atoms with Crippen molar-refractivity contribution in [1.82, 2.24) is 0 Å². The summed E-state index contributed by atoms with van der Waals surface area (Å²) in [6.45, 7) is 0. The van der Waals surface area contributed by atoms with E-state index in [1.807, 2.05) is 0 Å². The van der Waals surface area contributed by atoms with Gasteiger partial charge >= 0.3 is 23.9 Å². The molecule has 0 fully saturated rings. The van der Waals surface area contributed by atoms with Crippen molar-refractivity contribution < 1.29 is 44.7 Å². The van der Waals surface area contributed by atoms with E-state index in [2.05, 4.69) is 4.74 Å². The Labute approximate surface area is 81.5 Å². The first-order chi connectivity index (χ1) is 6.95. The molecule has 0 saturated heterocycles. The average molecular weight is 256 g/mol. The SMILES string of the molecule is O=C1OC(C(F)(F)F)(C(F)(F)F)C(F)=C1F. The Morgan fingerprint density at radius 1 is 0.938 bits per heavy atom. The van der Waals surface area contributed by atoms with Crippen molar-refractivity contribution in [3.8, 4) is 0 Å². The molecule has 0 bridgehead atoms. The van der Waals surface area contributed by atoms with E-state index >= 15 is 0 Å². The number of carbonyl (C=O) groups is 1. The van der Waals surface area contributed by atoms with Crippen molar-refractivity contribution in [2.24, 2.45) is 0 Å². The summed E-state index contributed by atoms with van der Waals surface area (Å²) in [5.74, 6) is -8.82. The Balaban J connectivity index is 3.49. The second-order valence-electron chi connectivity index (χ2n) is 2.69. The van der Waals surface area contributed by atoms with Crippen molar-refractivity contribution in [3.05, 3.63) is 11.7 Å². The topological polar surface area (TPSA) is 26.3 Å². The number of rotatable bonds is 0. The van der Waals surface area contributed by atoms with Crippen molar-refractivity contribution in [2.45, 2.75) is 18.0 Å². The van der Waals surface area contributed by atoms with Crippen molar-refractivity contribution in [3.63, 3.8) is 0 Å². The third-order valence-corrected chi connectivity index (χ3v) is 1.73. The van der Waals surface area contributed by atoms with Gasteiger partial charge in [0.25, 0.3) is 0 Å². The fourth-order valence-electron chi connectivity index (χ4n) is 0.998. The summed E-state index contributed by atoms with van der Waals surface area (Å²) in [5, 5.41) is 0. The van der Waals surface area contributed by atoms with E-state index in [-0.39, 0.29) is 0 Å². The summed E-state index contributed by atoms with van der Waals surface area (Å²) in [7, 11) is 0. The van der Waals surface area contributed by atoms with Crippen LogP contribution in [0.4, 0.5) is 35.1 Å². The maximum atomic E-state index is 12.6. The second kappa shape index (κ2) is 3.08. The lowest BCUT2D eigenvalue weighted by molar-refractivity contribution is -0.354. The van der Waals surface area contributed by atoms with Gasteiger partial charge in [0.2, 0.25) is 11.7 Å². The number of alkyl halides is 6. The summed E-state index contributed by atoms with van der Waals surface area (Å²) < 4.78 is 100. The van der Waals surface area contributed by atoms with Crippen LogP contribution in [0.5, 0.6) is 0 Å². The van der Waals surface area contributed by atoms with Crippen LogP contribution in [0, 0.1) is 0 Å². The molecule has 0 radical (unpaired) electrons. The van der Waals surface area contributed by atoms with Gasteiger partial charge in [-0.3, -0.25) is 0 Å². The highest BCUT2D eigenvalue weighted by atomic mass is 19.4. The van der Waals surface area contributed by atoms with Gasteiger partial charge in [0.15, 0.2) is 0 Å². The van der Waals surface area contributed by atoms with Gasteiger partial charge in [-0.05, 0) is 0 Å². The minimum atomic E-state index is -6.35. The fraction of sp³-hybridized carbons (Fsp3) is 0.500. The normalized spacial score (nSPS) is 21.4. The van der Waals surface area contributed by atoms with E-state index in [1.165, 1.54) is 0 Å². The molecule has 16 heavy (non-hydrogen) atoms. The third kappa shape index (κ3) is 1.35. The second-order valence-corrected chi connectivity index (χ2v) is 2.69. The highest BCUT2D eigenvalue weighted by molar-refractivity contribution is 5.90. The fourth-order valence-corrected chi connectivity index (χ4v) is 0.998. The van der Waals surface area contributed by atoms with Crippen molar-refractivity contribution >= 4 is 5.97 Å². The van der Waals surface area contributed by atoms with Crippen LogP contribution in [0.2, 0.25) is 0 Å². The van der Waals surface area contributed by atoms with Crippen LogP contribution in [0.25, 0.3) is 0 Å². The first-order valence-corrected chi connectivity index (χ1v) is 3.37. The summed E-state index contributed by atoms with van der Waals surface area (Å²) in [5.41, 5.74) is -5.54. The highest BCUT2D eigenvalue weighted by Gasteiger charge is 2.81. The Bertz CT molecular complexity index is 348. The highest BCUT2D eigenvalue weighted by Crippen LogP contribution is 2.54. The van der Waals surface area contributed by atoms with Crippen LogP contribution in [0.1, 0.15) is 0 Å². The zero-order chi connectivity index (χ0) is 12.9. The predicted octanol–water partition coefficient (Wildman–Crippen LogP) is 2.56. The van der Waals surface area contributed by atoms with Gasteiger partial charge in [-0.15, -0.1) is 0 Å². The summed E-state index contributed by atoms with van der Waals surface area (Å²) in [4.78, 5) is 10.2. The third-order valence-electron chi connectivity index (χ3n) is 1.73. The first-order valence-electron chi connectivity index (χ1n) is 3.37. The zero-order valence-corrected chi connectivity index (χ0v) is 6.84. The number of cyclic esters (lactones) is 1. The zero-order valence-electron chi connectivity index (χ0n) is 6.84. The maximum Gasteiger partial charge on any atom is 0.444 e. The molecule has 0 amide bonds. The monoisotopic (exact) mass is 256 g/mol. The lowest BCUT2D eigenvalue weighted by Gasteiger charge is -2.30. The van der Waals surface area contributed by atoms with Gasteiger partial charge in [-0.25, -0.2) is 9.18 Å². The molecule has 0 aromatic carbocycles. The Kier molecular flexibility index (Phi) is 2.44. The molecule has 0 atom stereocenters. The summed E-state index contributed by atoms with van der Waals surface area (Å²) >= 11 is 0. The molecule has 1 aliphatic heterocycles. The molecular weight excluding hydrogens is 256 g/mol. The number of hydrogen-bond acceptors (Lipinski definition) is 2. The van der Waals surface area contributed by atoms with Crippen LogP contribution in [0.15, 0.2) is 11.7 Å². The molecule has 2 nitrogen and oxygen atoms in total. The van der Waals surface area contributed by atoms with Gasteiger partial charge in [0.05, 0.1) is 0 Å². The predicted molar refractivity (Wildman–Crippen MR) is 30.2 cm³/mol. The minimum absolute atomic E-state index is 2.65. The maximum absolute atomic E-state index is 12.6. The average Bonchev–Trinajstić information content (AvgIpc) is 2.27. The van der Waals surface area contributed by atoms with Gasteiger partial charge in [0.1, 0.15) is 0 Å². The van der Waals surface area contributed by atoms with Crippen molar-refractivity contribution in [2.75, 3.05) is 0 Å². The van der Waals surface area contributed by atoms with E-state index in [0.29, 0.717) is 0 Å². The molecule has 0 unspecified atom stereocenters. The lowest BCUT2D eigenvalue weighted by atomic mass is 10.0. The minimum Gasteiger partial charge on any atom is -0.427 e. The van der Waals surface area contributed by atoms with Crippen LogP contribution >= 0.6 is 0 Å². The number of ether oxygens (including phenoxy) is 1. The van der Waals surface area contributed by atoms with Gasteiger partial charge < -0.3 is 4.74 Å². The van der Waals surface area contributed by atoms with E-state index in [4.69, 9.17) is 0 Å². The summed E-state index contributed by atoms with van der Waals surface area (Å²) in [6.07, 6.45) is -12.7. The number of esters is 1. The molecule has 0 saturated carbocycles. The largest absolute Gasteiger partial charge is 0.444 e. The molecule has 10 heteroatoms. The lowest BCUT2D eigenvalue weighted by Crippen LogP contribution is -2.57. The van der Waals surface area contributed by atoms with Gasteiger partial charge in [0, 0.05) is 0 Å². The molecular formula is C6F8O2. The molecule has 0 aliphatic carbocycles. The molecule has 0 aromatic rings. The standard InChI is InChI=1S/C6F8O2/c7-1-2(8)4(5(9,10)11,6(12,13)14)16-3(1)15. The number of hydrogen-bond donors (Lipinski definition) is 0. The van der Waals surface area contributed by atoms with Crippen LogP contribution < -0.4 is 0 Å². The number of halogens is 8. The Hall–Kier alpha value is -1.35. The van der Waals surface area contributed by atoms with Crippen LogP contribution in [0.3, 0.4) is 0 Å². The molecule has 92 valence electrons. The van der Waals surface area contributed by atoms with Crippen LogP contribution in [-0.2, 0) is 9.53 Å². The van der Waals surface area contributed by atoms with E-state index in [1.54, 1.807) is 0 Å². The molecule has 1 heterocycles. The first kappa shape index (κ1) is 12.7. The smallest absolute Gasteiger partial charge is 0.427 e. The van der Waals surface area contributed by atoms with E-state index in [0.717, 1.165) is 0 Å². The molecule has 1 rings (SSSR count). The van der Waals surface area contributed by atoms with Gasteiger partial charge in [-0.2, -0.15) is 30.7 Å². The van der Waals surface area contributed by atoms with Gasteiger partial charge in [-0.1, -0.05) is 0 Å². The molecule has 0 spiro atoms. The molecule has 1 aliphatic rings. The van der Waals surface area contributed by atoms with E-state index in [9.17, 15) is 39.9 Å². The number of carbonyl (C=O) groups excluding carboxylic acids is 1. The quantitative estimate of drug-likeness (QED) is 0.491. The van der Waals surface area contributed by atoms with Crippen LogP contribution in [-0.4, -0.2) is 23.9 Å². The molecule has 0 N–H and O–H groups in total. The Morgan fingerprint density at radius 2 is 1.31 bits per heavy atom. The van der Waals surface area contributed by atoms with E-state index < -0.39 is 35.6 Å².